The second-order valence-corrected chi connectivity index (χ2v) is 10.8. The second kappa shape index (κ2) is 19.4. The van der Waals surface area contributed by atoms with Crippen LogP contribution in [-0.2, 0) is 75.8 Å². The van der Waals surface area contributed by atoms with Crippen molar-refractivity contribution in [2.75, 3.05) is 98.0 Å². The molecule has 0 aliphatic carbocycles. The molecular formula is C29H54O16. The van der Waals surface area contributed by atoms with Gasteiger partial charge in [0.15, 0.2) is 18.9 Å². The minimum Gasteiger partial charge on any atom is -0.382 e. The van der Waals surface area contributed by atoms with Gasteiger partial charge in [-0.05, 0) is 0 Å². The van der Waals surface area contributed by atoms with E-state index >= 15 is 0 Å². The summed E-state index contributed by atoms with van der Waals surface area (Å²) < 4.78 is 95.0. The minimum absolute atomic E-state index is 0.129. The second-order valence-electron chi connectivity index (χ2n) is 10.8. The van der Waals surface area contributed by atoms with E-state index in [1.54, 1.807) is 64.0 Å². The summed E-state index contributed by atoms with van der Waals surface area (Å²) in [5.41, 5.74) is 0. The van der Waals surface area contributed by atoms with Crippen LogP contribution >= 0.6 is 0 Å². The van der Waals surface area contributed by atoms with E-state index < -0.39 is 92.1 Å². The number of methoxy groups -OCH3 is 11. The first kappa shape index (κ1) is 38.8. The molecule has 0 radical (unpaired) electrons. The molecule has 15 atom stereocenters. The Balaban J connectivity index is 1.92. The van der Waals surface area contributed by atoms with E-state index in [9.17, 15) is 0 Å². The van der Waals surface area contributed by atoms with E-state index in [1.165, 1.54) is 14.2 Å². The Morgan fingerprint density at radius 2 is 0.600 bits per heavy atom. The third-order valence-corrected chi connectivity index (χ3v) is 8.49. The molecule has 16 nitrogen and oxygen atoms in total. The highest BCUT2D eigenvalue weighted by atomic mass is 16.8. The van der Waals surface area contributed by atoms with Gasteiger partial charge in [0, 0.05) is 78.2 Å². The fourth-order valence-electron chi connectivity index (χ4n) is 6.41. The molecule has 3 rings (SSSR count). The van der Waals surface area contributed by atoms with Crippen LogP contribution in [0.4, 0.5) is 0 Å². The van der Waals surface area contributed by atoms with Crippen LogP contribution < -0.4 is 0 Å². The number of hydrogen-bond donors (Lipinski definition) is 0. The van der Waals surface area contributed by atoms with Gasteiger partial charge in [0.2, 0.25) is 0 Å². The van der Waals surface area contributed by atoms with Crippen molar-refractivity contribution in [3.63, 3.8) is 0 Å². The molecule has 0 amide bonds. The van der Waals surface area contributed by atoms with Gasteiger partial charge in [-0.2, -0.15) is 0 Å². The van der Waals surface area contributed by atoms with Gasteiger partial charge < -0.3 is 75.8 Å². The molecule has 45 heavy (non-hydrogen) atoms. The van der Waals surface area contributed by atoms with E-state index in [0.717, 1.165) is 0 Å². The monoisotopic (exact) mass is 658 g/mol. The van der Waals surface area contributed by atoms with Crippen molar-refractivity contribution < 1.29 is 75.8 Å². The molecule has 3 aliphatic rings. The Morgan fingerprint density at radius 1 is 0.311 bits per heavy atom. The lowest BCUT2D eigenvalue weighted by Crippen LogP contribution is -2.67. The maximum absolute atomic E-state index is 6.63. The van der Waals surface area contributed by atoms with Crippen LogP contribution in [-0.4, -0.2) is 190 Å². The van der Waals surface area contributed by atoms with Gasteiger partial charge in [-0.15, -0.1) is 0 Å². The summed E-state index contributed by atoms with van der Waals surface area (Å²) in [6, 6.07) is 0. The highest BCUT2D eigenvalue weighted by Gasteiger charge is 2.56. The molecule has 16 heteroatoms. The SMILES string of the molecule is COCC1OC(OC2C(COC)OC(OC3C(COC)OC(OC)C(OC)C3OC)C(OC)C2OC)C(OC)C(OC)C1OC. The molecule has 0 N–H and O–H groups in total. The summed E-state index contributed by atoms with van der Waals surface area (Å²) in [5, 5.41) is 0. The van der Waals surface area contributed by atoms with Crippen molar-refractivity contribution in [1.82, 2.24) is 0 Å². The lowest BCUT2D eigenvalue weighted by molar-refractivity contribution is -0.385. The molecule has 266 valence electrons. The summed E-state index contributed by atoms with van der Waals surface area (Å²) in [4.78, 5) is 0. The zero-order chi connectivity index (χ0) is 33.1. The van der Waals surface area contributed by atoms with Gasteiger partial charge in [0.05, 0.1) is 19.8 Å². The molecule has 0 aromatic heterocycles. The Hall–Kier alpha value is -0.640. The largest absolute Gasteiger partial charge is 0.382 e. The molecule has 3 saturated heterocycles. The van der Waals surface area contributed by atoms with Crippen molar-refractivity contribution in [3.05, 3.63) is 0 Å². The summed E-state index contributed by atoms with van der Waals surface area (Å²) in [7, 11) is 17.2. The average molecular weight is 659 g/mol. The summed E-state index contributed by atoms with van der Waals surface area (Å²) in [6.45, 7) is 0.556. The zero-order valence-electron chi connectivity index (χ0n) is 28.3. The molecule has 3 fully saturated rings. The average Bonchev–Trinajstić information content (AvgIpc) is 3.05. The number of ether oxygens (including phenoxy) is 16. The first-order valence-corrected chi connectivity index (χ1v) is 14.8. The maximum Gasteiger partial charge on any atom is 0.187 e. The Labute approximate surface area is 266 Å². The zero-order valence-corrected chi connectivity index (χ0v) is 28.3. The van der Waals surface area contributed by atoms with Crippen molar-refractivity contribution in [1.29, 1.82) is 0 Å². The van der Waals surface area contributed by atoms with Gasteiger partial charge in [-0.1, -0.05) is 0 Å². The third kappa shape index (κ3) is 8.70. The van der Waals surface area contributed by atoms with Crippen LogP contribution in [0.25, 0.3) is 0 Å². The lowest BCUT2D eigenvalue weighted by atomic mass is 9.95. The predicted octanol–water partition coefficient (Wildman–Crippen LogP) is -0.378. The van der Waals surface area contributed by atoms with E-state index in [4.69, 9.17) is 75.8 Å². The standard InChI is InChI=1S/C29H54O16/c1-30-12-15-18(33-4)21(34-5)25(38-9)28(42-15)45-20-17(14-32-3)43-29(26(39-10)23(20)36-7)44-19-16(13-31-2)41-27(40-11)24(37-8)22(19)35-6/h15-29H,12-14H2,1-11H3. The number of hydrogen-bond acceptors (Lipinski definition) is 16. The van der Waals surface area contributed by atoms with Gasteiger partial charge in [0.25, 0.3) is 0 Å². The van der Waals surface area contributed by atoms with Gasteiger partial charge in [-0.3, -0.25) is 0 Å². The smallest absolute Gasteiger partial charge is 0.187 e. The van der Waals surface area contributed by atoms with Gasteiger partial charge in [0.1, 0.15) is 73.2 Å². The predicted molar refractivity (Wildman–Crippen MR) is 154 cm³/mol. The van der Waals surface area contributed by atoms with Crippen LogP contribution in [0, 0.1) is 0 Å². The van der Waals surface area contributed by atoms with Crippen molar-refractivity contribution in [3.8, 4) is 0 Å². The van der Waals surface area contributed by atoms with Crippen LogP contribution in [0.15, 0.2) is 0 Å². The highest BCUT2D eigenvalue weighted by Crippen LogP contribution is 2.36. The Kier molecular flexibility index (Phi) is 16.7. The van der Waals surface area contributed by atoms with Crippen LogP contribution in [0.1, 0.15) is 0 Å². The molecule has 3 aliphatic heterocycles. The summed E-state index contributed by atoms with van der Waals surface area (Å²) in [5.74, 6) is 0. The van der Waals surface area contributed by atoms with Crippen LogP contribution in [0.3, 0.4) is 0 Å². The first-order valence-electron chi connectivity index (χ1n) is 14.8. The Bertz CT molecular complexity index is 810. The molecule has 0 saturated carbocycles. The van der Waals surface area contributed by atoms with Crippen LogP contribution in [0.5, 0.6) is 0 Å². The molecule has 15 unspecified atom stereocenters. The molecule has 0 aromatic carbocycles. The normalized spacial score (nSPS) is 42.6. The molecule has 0 spiro atoms. The molecule has 0 aromatic rings. The topological polar surface area (TPSA) is 148 Å². The highest BCUT2D eigenvalue weighted by molar-refractivity contribution is 4.98. The molecule has 3 heterocycles. The maximum atomic E-state index is 6.63. The third-order valence-electron chi connectivity index (χ3n) is 8.49. The Morgan fingerprint density at radius 3 is 0.911 bits per heavy atom. The van der Waals surface area contributed by atoms with Gasteiger partial charge in [-0.25, -0.2) is 0 Å². The van der Waals surface area contributed by atoms with E-state index in [1.807, 2.05) is 0 Å². The van der Waals surface area contributed by atoms with Gasteiger partial charge >= 0.3 is 0 Å². The summed E-state index contributed by atoms with van der Waals surface area (Å²) >= 11 is 0. The number of rotatable bonds is 18. The van der Waals surface area contributed by atoms with Crippen molar-refractivity contribution in [2.45, 2.75) is 92.1 Å². The van der Waals surface area contributed by atoms with Crippen LogP contribution in [0.2, 0.25) is 0 Å². The quantitative estimate of drug-likeness (QED) is 0.188. The van der Waals surface area contributed by atoms with E-state index in [2.05, 4.69) is 0 Å². The van der Waals surface area contributed by atoms with Crippen molar-refractivity contribution in [2.24, 2.45) is 0 Å². The molecule has 0 bridgehead atoms. The molecular weight excluding hydrogens is 604 g/mol. The van der Waals surface area contributed by atoms with Crippen molar-refractivity contribution >= 4 is 0 Å². The first-order chi connectivity index (χ1) is 21.9. The van der Waals surface area contributed by atoms with E-state index in [-0.39, 0.29) is 19.8 Å². The lowest BCUT2D eigenvalue weighted by Gasteiger charge is -2.51. The minimum atomic E-state index is -0.974. The fourth-order valence-corrected chi connectivity index (χ4v) is 6.41. The summed E-state index contributed by atoms with van der Waals surface area (Å²) in [6.07, 6.45) is -10.3. The van der Waals surface area contributed by atoms with E-state index in [0.29, 0.717) is 0 Å². The fraction of sp³-hybridized carbons (Fsp3) is 1.00.